The lowest BCUT2D eigenvalue weighted by Crippen LogP contribution is -2.32. The van der Waals surface area contributed by atoms with E-state index in [1.807, 2.05) is 36.9 Å². The summed E-state index contributed by atoms with van der Waals surface area (Å²) in [7, 11) is -3.83. The summed E-state index contributed by atoms with van der Waals surface area (Å²) >= 11 is 1.95. The summed E-state index contributed by atoms with van der Waals surface area (Å²) in [4.78, 5) is 14.6. The minimum absolute atomic E-state index is 0.163. The molecular weight excluding hydrogens is 418 g/mol. The van der Waals surface area contributed by atoms with Gasteiger partial charge in [0.05, 0.1) is 10.6 Å². The minimum Gasteiger partial charge on any atom is -0.370 e. The van der Waals surface area contributed by atoms with Crippen LogP contribution in [-0.2, 0) is 10.0 Å². The van der Waals surface area contributed by atoms with Crippen molar-refractivity contribution in [2.75, 3.05) is 39.5 Å². The fourth-order valence-corrected chi connectivity index (χ4v) is 6.32. The normalized spacial score (nSPS) is 16.0. The highest BCUT2D eigenvalue weighted by molar-refractivity contribution is 7.99. The van der Waals surface area contributed by atoms with Crippen LogP contribution < -0.4 is 14.9 Å². The molecule has 0 aromatic heterocycles. The molecule has 0 bridgehead atoms. The minimum atomic E-state index is -3.83. The van der Waals surface area contributed by atoms with Crippen LogP contribution in [0.1, 0.15) is 15.9 Å². The number of rotatable bonds is 4. The number of sulfonamides is 1. The summed E-state index contributed by atoms with van der Waals surface area (Å²) in [6, 6.07) is 14.2. The monoisotopic (exact) mass is 439 g/mol. The summed E-state index contributed by atoms with van der Waals surface area (Å²) in [6.07, 6.45) is 0. The van der Waals surface area contributed by atoms with Crippen molar-refractivity contribution in [3.05, 3.63) is 59.7 Å². The number of carbonyl (C=O) groups is 1. The molecule has 0 radical (unpaired) electrons. The lowest BCUT2D eigenvalue weighted by Gasteiger charge is -2.29. The van der Waals surface area contributed by atoms with E-state index in [0.29, 0.717) is 27.7 Å². The van der Waals surface area contributed by atoms with Crippen LogP contribution in [-0.4, -0.2) is 38.9 Å². The molecule has 1 amide bonds. The second-order valence-corrected chi connectivity index (χ2v) is 10.4. The Hall–Kier alpha value is -2.71. The van der Waals surface area contributed by atoms with E-state index in [4.69, 9.17) is 0 Å². The number of carbonyl (C=O) groups excluding carboxylic acids is 1. The highest BCUT2D eigenvalue weighted by Crippen LogP contribution is 2.37. The molecule has 0 aliphatic carbocycles. The molecule has 0 atom stereocenters. The number of anilines is 3. The van der Waals surface area contributed by atoms with Crippen LogP contribution in [0.3, 0.4) is 0 Å². The van der Waals surface area contributed by atoms with Crippen LogP contribution in [0, 0.1) is 6.92 Å². The number of nitrogens with zero attached hydrogens (tertiary/aromatic N) is 1. The summed E-state index contributed by atoms with van der Waals surface area (Å²) in [5, 5.41) is 3.98. The highest BCUT2D eigenvalue weighted by Gasteiger charge is 2.26. The van der Waals surface area contributed by atoms with Gasteiger partial charge >= 0.3 is 0 Å². The van der Waals surface area contributed by atoms with E-state index < -0.39 is 10.0 Å². The molecular formula is C22H21N3O3S2. The summed E-state index contributed by atoms with van der Waals surface area (Å²) in [5.41, 5.74) is 3.69. The third-order valence-electron chi connectivity index (χ3n) is 5.61. The van der Waals surface area contributed by atoms with Crippen LogP contribution in [0.4, 0.5) is 17.1 Å². The molecule has 30 heavy (non-hydrogen) atoms. The van der Waals surface area contributed by atoms with Gasteiger partial charge in [-0.3, -0.25) is 9.52 Å². The molecule has 1 saturated heterocycles. The first-order valence-electron chi connectivity index (χ1n) is 9.77. The van der Waals surface area contributed by atoms with Gasteiger partial charge in [-0.15, -0.1) is 0 Å². The predicted octanol–water partition coefficient (Wildman–Crippen LogP) is 4.07. The number of hydrogen-bond donors (Lipinski definition) is 2. The van der Waals surface area contributed by atoms with Gasteiger partial charge in [0, 0.05) is 52.3 Å². The molecule has 8 heteroatoms. The zero-order chi connectivity index (χ0) is 20.9. The Labute approximate surface area is 179 Å². The Balaban J connectivity index is 1.50. The van der Waals surface area contributed by atoms with Crippen molar-refractivity contribution in [1.82, 2.24) is 0 Å². The van der Waals surface area contributed by atoms with Gasteiger partial charge in [-0.2, -0.15) is 11.8 Å². The SMILES string of the molecule is Cc1cc(N2CCSCC2)ccc1NS(=O)(=O)c1ccc2c3c(cccc13)C(=O)N2. The van der Waals surface area contributed by atoms with Crippen molar-refractivity contribution in [2.45, 2.75) is 11.8 Å². The smallest absolute Gasteiger partial charge is 0.262 e. The van der Waals surface area contributed by atoms with Gasteiger partial charge in [0.1, 0.15) is 0 Å². The molecule has 5 rings (SSSR count). The van der Waals surface area contributed by atoms with Crippen LogP contribution >= 0.6 is 11.8 Å². The molecule has 3 aromatic rings. The van der Waals surface area contributed by atoms with Crippen molar-refractivity contribution >= 4 is 55.5 Å². The number of nitrogens with one attached hydrogen (secondary N) is 2. The molecule has 2 aliphatic heterocycles. The van der Waals surface area contributed by atoms with E-state index in [-0.39, 0.29) is 10.8 Å². The number of thioether (sulfide) groups is 1. The maximum Gasteiger partial charge on any atom is 0.262 e. The topological polar surface area (TPSA) is 78.5 Å². The van der Waals surface area contributed by atoms with Gasteiger partial charge in [0.2, 0.25) is 0 Å². The molecule has 0 saturated carbocycles. The zero-order valence-corrected chi connectivity index (χ0v) is 18.1. The Bertz CT molecular complexity index is 1280. The first-order chi connectivity index (χ1) is 14.4. The Kier molecular flexibility index (Phi) is 4.63. The van der Waals surface area contributed by atoms with Gasteiger partial charge in [-0.05, 0) is 48.9 Å². The molecule has 6 nitrogen and oxygen atoms in total. The highest BCUT2D eigenvalue weighted by atomic mass is 32.2. The molecule has 2 aliphatic rings. The summed E-state index contributed by atoms with van der Waals surface area (Å²) < 4.78 is 29.2. The molecule has 2 heterocycles. The second kappa shape index (κ2) is 7.21. The van der Waals surface area contributed by atoms with Crippen molar-refractivity contribution in [3.8, 4) is 0 Å². The number of aryl methyl sites for hydroxylation is 1. The first-order valence-corrected chi connectivity index (χ1v) is 12.4. The molecule has 0 unspecified atom stereocenters. The number of benzene rings is 3. The predicted molar refractivity (Wildman–Crippen MR) is 123 cm³/mol. The van der Waals surface area contributed by atoms with E-state index >= 15 is 0 Å². The van der Waals surface area contributed by atoms with Gasteiger partial charge in [-0.25, -0.2) is 8.42 Å². The fourth-order valence-electron chi connectivity index (χ4n) is 4.08. The van der Waals surface area contributed by atoms with E-state index in [1.165, 1.54) is 0 Å². The summed E-state index contributed by atoms with van der Waals surface area (Å²) in [6.45, 7) is 3.92. The van der Waals surface area contributed by atoms with Gasteiger partial charge in [0.15, 0.2) is 0 Å². The first kappa shape index (κ1) is 19.3. The third kappa shape index (κ3) is 3.20. The van der Waals surface area contributed by atoms with Gasteiger partial charge < -0.3 is 10.2 Å². The third-order valence-corrected chi connectivity index (χ3v) is 7.98. The van der Waals surface area contributed by atoms with Crippen molar-refractivity contribution in [1.29, 1.82) is 0 Å². The molecule has 2 N–H and O–H groups in total. The van der Waals surface area contributed by atoms with Crippen molar-refractivity contribution in [2.24, 2.45) is 0 Å². The molecule has 3 aromatic carbocycles. The quantitative estimate of drug-likeness (QED) is 0.641. The lowest BCUT2D eigenvalue weighted by molar-refractivity contribution is 0.103. The number of amides is 1. The van der Waals surface area contributed by atoms with E-state index in [1.54, 1.807) is 30.3 Å². The van der Waals surface area contributed by atoms with E-state index in [0.717, 1.165) is 35.8 Å². The van der Waals surface area contributed by atoms with E-state index in [9.17, 15) is 13.2 Å². The summed E-state index contributed by atoms with van der Waals surface area (Å²) in [5.74, 6) is 2.01. The Morgan fingerprint density at radius 1 is 1.07 bits per heavy atom. The van der Waals surface area contributed by atoms with Gasteiger partial charge in [-0.1, -0.05) is 12.1 Å². The van der Waals surface area contributed by atoms with E-state index in [2.05, 4.69) is 14.9 Å². The van der Waals surface area contributed by atoms with Crippen molar-refractivity contribution < 1.29 is 13.2 Å². The average Bonchev–Trinajstić information content (AvgIpc) is 3.07. The molecule has 1 fully saturated rings. The van der Waals surface area contributed by atoms with Crippen LogP contribution in [0.2, 0.25) is 0 Å². The Morgan fingerprint density at radius 2 is 1.87 bits per heavy atom. The van der Waals surface area contributed by atoms with Crippen LogP contribution in [0.15, 0.2) is 53.4 Å². The second-order valence-electron chi connectivity index (χ2n) is 7.50. The van der Waals surface area contributed by atoms with Crippen LogP contribution in [0.25, 0.3) is 10.8 Å². The van der Waals surface area contributed by atoms with Crippen molar-refractivity contribution in [3.63, 3.8) is 0 Å². The Morgan fingerprint density at radius 3 is 2.63 bits per heavy atom. The number of hydrogen-bond acceptors (Lipinski definition) is 5. The molecule has 154 valence electrons. The lowest BCUT2D eigenvalue weighted by atomic mass is 10.1. The largest absolute Gasteiger partial charge is 0.370 e. The average molecular weight is 440 g/mol. The maximum atomic E-state index is 13.2. The zero-order valence-electron chi connectivity index (χ0n) is 16.4. The standard InChI is InChI=1S/C22H21N3O3S2/c1-14-13-15(25-9-11-29-12-10-25)5-6-18(14)24-30(27,28)20-8-7-19-21-16(20)3-2-4-17(21)22(26)23-19/h2-8,13,24H,9-12H2,1H3,(H,23,26). The fraction of sp³-hybridized carbons (Fsp3) is 0.227. The molecule has 0 spiro atoms. The van der Waals surface area contributed by atoms with Gasteiger partial charge in [0.25, 0.3) is 15.9 Å². The maximum absolute atomic E-state index is 13.2. The van der Waals surface area contributed by atoms with Crippen LogP contribution in [0.5, 0.6) is 0 Å².